The zero-order valence-corrected chi connectivity index (χ0v) is 26.1. The molecule has 0 bridgehead atoms. The van der Waals surface area contributed by atoms with Gasteiger partial charge < -0.3 is 10.3 Å². The fraction of sp³-hybridized carbons (Fsp3) is 0.257. The van der Waals surface area contributed by atoms with E-state index in [-0.39, 0.29) is 24.0 Å². The molecule has 11 heteroatoms. The number of benzene rings is 2. The van der Waals surface area contributed by atoms with E-state index in [0.717, 1.165) is 64.3 Å². The molecule has 0 atom stereocenters. The van der Waals surface area contributed by atoms with Crippen LogP contribution in [0.5, 0.6) is 0 Å². The van der Waals surface area contributed by atoms with Crippen molar-refractivity contribution in [1.29, 1.82) is 0 Å². The topological polar surface area (TPSA) is 133 Å². The highest BCUT2D eigenvalue weighted by Gasteiger charge is 2.21. The summed E-state index contributed by atoms with van der Waals surface area (Å²) in [5, 5.41) is 12.4. The van der Waals surface area contributed by atoms with Crippen molar-refractivity contribution in [2.75, 3.05) is 17.3 Å². The molecule has 9 nitrogen and oxygen atoms in total. The number of nitrogens with one attached hydrogen (secondary N) is 3. The minimum atomic E-state index is -3.18. The first kappa shape index (κ1) is 29.8. The number of hydrogen-bond donors (Lipinski definition) is 3. The molecule has 4 heterocycles. The van der Waals surface area contributed by atoms with Gasteiger partial charge >= 0.3 is 0 Å². The van der Waals surface area contributed by atoms with Gasteiger partial charge in [0.15, 0.2) is 0 Å². The van der Waals surface area contributed by atoms with Gasteiger partial charge in [0.25, 0.3) is 0 Å². The summed E-state index contributed by atoms with van der Waals surface area (Å²) in [4.78, 5) is 25.3. The number of amides is 1. The van der Waals surface area contributed by atoms with E-state index in [0.29, 0.717) is 28.2 Å². The number of fused-ring (bicyclic) bond motifs is 2. The Kier molecular flexibility index (Phi) is 7.85. The Labute approximate surface area is 265 Å². The van der Waals surface area contributed by atoms with Gasteiger partial charge in [0.2, 0.25) is 5.91 Å². The number of nitrogens with zero attached hydrogens (tertiary/aromatic N) is 3. The van der Waals surface area contributed by atoms with Crippen LogP contribution < -0.4 is 5.32 Å². The van der Waals surface area contributed by atoms with E-state index in [1.165, 1.54) is 24.8 Å². The highest BCUT2D eigenvalue weighted by molar-refractivity contribution is 7.90. The monoisotopic (exact) mass is 636 g/mol. The summed E-state index contributed by atoms with van der Waals surface area (Å²) < 4.78 is 38.1. The zero-order valence-electron chi connectivity index (χ0n) is 25.3. The quantitative estimate of drug-likeness (QED) is 0.164. The average Bonchev–Trinajstić information content (AvgIpc) is 3.68. The lowest BCUT2D eigenvalue weighted by molar-refractivity contribution is -0.120. The number of rotatable bonds is 8. The lowest BCUT2D eigenvalue weighted by Gasteiger charge is -2.20. The van der Waals surface area contributed by atoms with Crippen LogP contribution in [0.2, 0.25) is 0 Å². The Morgan fingerprint density at radius 1 is 0.957 bits per heavy atom. The molecule has 6 aromatic rings. The third-order valence-corrected chi connectivity index (χ3v) is 9.62. The second kappa shape index (κ2) is 12.1. The Morgan fingerprint density at radius 2 is 1.80 bits per heavy atom. The van der Waals surface area contributed by atoms with Crippen LogP contribution in [0.3, 0.4) is 0 Å². The minimum absolute atomic E-state index is 0.0417. The van der Waals surface area contributed by atoms with Crippen LogP contribution in [0.4, 0.5) is 10.1 Å². The number of pyridine rings is 2. The van der Waals surface area contributed by atoms with E-state index >= 15 is 0 Å². The fourth-order valence-electron chi connectivity index (χ4n) is 6.33. The van der Waals surface area contributed by atoms with Gasteiger partial charge in [-0.05, 0) is 72.4 Å². The molecule has 1 saturated carbocycles. The maximum absolute atomic E-state index is 14.7. The van der Waals surface area contributed by atoms with Gasteiger partial charge in [0.1, 0.15) is 21.3 Å². The minimum Gasteiger partial charge on any atom is -0.353 e. The molecule has 234 valence electrons. The lowest BCUT2D eigenvalue weighted by atomic mass is 9.88. The van der Waals surface area contributed by atoms with E-state index in [2.05, 4.69) is 30.5 Å². The largest absolute Gasteiger partial charge is 0.353 e. The van der Waals surface area contributed by atoms with Crippen molar-refractivity contribution in [3.63, 3.8) is 0 Å². The molecule has 4 aromatic heterocycles. The molecular formula is C35H33FN6O3S. The third kappa shape index (κ3) is 6.28. The summed E-state index contributed by atoms with van der Waals surface area (Å²) in [6.45, 7) is 0. The van der Waals surface area contributed by atoms with Crippen molar-refractivity contribution in [3.05, 3.63) is 84.6 Å². The second-order valence-corrected chi connectivity index (χ2v) is 14.4. The molecule has 46 heavy (non-hydrogen) atoms. The summed E-state index contributed by atoms with van der Waals surface area (Å²) in [6.07, 6.45) is 11.7. The number of aromatic amines is 2. The SMILES string of the molecule is CS(=O)(=O)CCc1cc(F)cc(-c2cccc3[nH]c(-c4n[nH]c5cnc(-c6cncc(NC(=O)C7CCCCC7)c6)cc45)cc23)c1. The van der Waals surface area contributed by atoms with E-state index < -0.39 is 15.7 Å². The van der Waals surface area contributed by atoms with Gasteiger partial charge in [-0.1, -0.05) is 37.5 Å². The van der Waals surface area contributed by atoms with Crippen molar-refractivity contribution in [2.45, 2.75) is 38.5 Å². The van der Waals surface area contributed by atoms with Crippen LogP contribution in [0.15, 0.2) is 73.2 Å². The molecule has 0 unspecified atom stereocenters. The van der Waals surface area contributed by atoms with Crippen molar-refractivity contribution in [2.24, 2.45) is 5.92 Å². The van der Waals surface area contributed by atoms with E-state index in [1.807, 2.05) is 42.5 Å². The molecule has 1 aliphatic rings. The van der Waals surface area contributed by atoms with Gasteiger partial charge in [-0.3, -0.25) is 19.9 Å². The van der Waals surface area contributed by atoms with Crippen molar-refractivity contribution in [3.8, 4) is 33.8 Å². The molecule has 1 aliphatic carbocycles. The van der Waals surface area contributed by atoms with E-state index in [1.54, 1.807) is 18.6 Å². The summed E-state index contributed by atoms with van der Waals surface area (Å²) >= 11 is 0. The van der Waals surface area contributed by atoms with E-state index in [4.69, 9.17) is 0 Å². The Hall–Kier alpha value is -4.90. The molecule has 0 aliphatic heterocycles. The van der Waals surface area contributed by atoms with Crippen molar-refractivity contribution in [1.82, 2.24) is 25.1 Å². The van der Waals surface area contributed by atoms with E-state index in [9.17, 15) is 17.6 Å². The number of sulfone groups is 1. The number of halogens is 1. The number of carbonyl (C=O) groups is 1. The molecule has 7 rings (SSSR count). The number of aromatic nitrogens is 5. The first-order valence-electron chi connectivity index (χ1n) is 15.4. The summed E-state index contributed by atoms with van der Waals surface area (Å²) in [6, 6.07) is 16.3. The van der Waals surface area contributed by atoms with Crippen LogP contribution in [0.25, 0.3) is 55.6 Å². The predicted molar refractivity (Wildman–Crippen MR) is 178 cm³/mol. The maximum Gasteiger partial charge on any atom is 0.227 e. The summed E-state index contributed by atoms with van der Waals surface area (Å²) in [7, 11) is -3.18. The summed E-state index contributed by atoms with van der Waals surface area (Å²) in [5.41, 5.74) is 7.29. The molecule has 1 amide bonds. The maximum atomic E-state index is 14.7. The highest BCUT2D eigenvalue weighted by Crippen LogP contribution is 2.36. The Bertz CT molecular complexity index is 2200. The van der Waals surface area contributed by atoms with Gasteiger partial charge in [-0.15, -0.1) is 0 Å². The molecule has 1 fully saturated rings. The van der Waals surface area contributed by atoms with Crippen LogP contribution in [0, 0.1) is 11.7 Å². The number of anilines is 1. The van der Waals surface area contributed by atoms with Gasteiger partial charge in [-0.25, -0.2) is 12.8 Å². The number of H-pyrrole nitrogens is 2. The fourth-order valence-corrected chi connectivity index (χ4v) is 6.93. The van der Waals surface area contributed by atoms with Gasteiger partial charge in [0.05, 0.1) is 40.7 Å². The molecule has 0 radical (unpaired) electrons. The molecule has 0 spiro atoms. The van der Waals surface area contributed by atoms with Crippen LogP contribution >= 0.6 is 0 Å². The lowest BCUT2D eigenvalue weighted by Crippen LogP contribution is -2.24. The average molecular weight is 637 g/mol. The highest BCUT2D eigenvalue weighted by atomic mass is 32.2. The molecular weight excluding hydrogens is 603 g/mol. The first-order chi connectivity index (χ1) is 22.2. The summed E-state index contributed by atoms with van der Waals surface area (Å²) in [5.74, 6) is -0.382. The third-order valence-electron chi connectivity index (χ3n) is 8.67. The van der Waals surface area contributed by atoms with Crippen LogP contribution in [-0.4, -0.2) is 51.5 Å². The van der Waals surface area contributed by atoms with Crippen molar-refractivity contribution < 1.29 is 17.6 Å². The number of hydrogen-bond acceptors (Lipinski definition) is 6. The van der Waals surface area contributed by atoms with Crippen LogP contribution in [-0.2, 0) is 21.1 Å². The Balaban J connectivity index is 1.21. The normalized spacial score (nSPS) is 14.2. The van der Waals surface area contributed by atoms with Gasteiger partial charge in [-0.2, -0.15) is 5.10 Å². The number of aryl methyl sites for hydroxylation is 1. The van der Waals surface area contributed by atoms with Gasteiger partial charge in [0, 0.05) is 40.2 Å². The Morgan fingerprint density at radius 3 is 2.63 bits per heavy atom. The molecule has 0 saturated heterocycles. The smallest absolute Gasteiger partial charge is 0.227 e. The standard InChI is InChI=1S/C35H33FN6O3S/c1-46(44,45)11-10-21-12-23(14-25(36)13-21)27-8-5-9-30-28(27)16-32(40-30)34-29-17-31(38-20-33(29)41-42-34)24-15-26(19-37-18-24)39-35(43)22-6-3-2-4-7-22/h5,8-9,12-20,22,40H,2-4,6-7,10-11H2,1H3,(H,39,43)(H,41,42). The first-order valence-corrected chi connectivity index (χ1v) is 17.5. The van der Waals surface area contributed by atoms with Crippen LogP contribution in [0.1, 0.15) is 37.7 Å². The number of carbonyl (C=O) groups excluding carboxylic acids is 1. The second-order valence-electron chi connectivity index (χ2n) is 12.2. The van der Waals surface area contributed by atoms with Crippen molar-refractivity contribution >= 4 is 43.2 Å². The predicted octanol–water partition coefficient (Wildman–Crippen LogP) is 7.08. The zero-order chi connectivity index (χ0) is 31.8. The molecule has 3 N–H and O–H groups in total. The molecule has 2 aromatic carbocycles.